The molecule has 1 N–H and O–H groups in total. The maximum absolute atomic E-state index is 12.7. The van der Waals surface area contributed by atoms with Crippen LogP contribution in [0.3, 0.4) is 0 Å². The van der Waals surface area contributed by atoms with Gasteiger partial charge in [0, 0.05) is 30.2 Å². The Morgan fingerprint density at radius 1 is 1.29 bits per heavy atom. The van der Waals surface area contributed by atoms with Gasteiger partial charge in [0.25, 0.3) is 5.91 Å². The summed E-state index contributed by atoms with van der Waals surface area (Å²) in [6.45, 7) is 1.91. The lowest BCUT2D eigenvalue weighted by molar-refractivity contribution is -0.135. The smallest absolute Gasteiger partial charge is 0.261 e. The molecule has 2 saturated heterocycles. The van der Waals surface area contributed by atoms with Gasteiger partial charge < -0.3 is 15.0 Å². The van der Waals surface area contributed by atoms with E-state index >= 15 is 0 Å². The molecule has 1 amide bonds. The molecule has 2 unspecified atom stereocenters. The van der Waals surface area contributed by atoms with E-state index in [0.717, 1.165) is 37.7 Å². The number of nitrogens with one attached hydrogen (secondary N) is 1. The standard InChI is InChI=1S/C18H20ClN3O2/c19-15-5-6-16(18-14(15)2-1-8-21-18)24-11-17(23)22-12-3-4-13(22)10-20-9-7-12/h1-2,5-6,8,12-13,20H,3-4,7,9-11H2. The zero-order valence-electron chi connectivity index (χ0n) is 13.4. The Morgan fingerprint density at radius 2 is 2.17 bits per heavy atom. The van der Waals surface area contributed by atoms with Crippen LogP contribution < -0.4 is 10.1 Å². The maximum Gasteiger partial charge on any atom is 0.261 e. The molecule has 126 valence electrons. The zero-order chi connectivity index (χ0) is 16.5. The highest BCUT2D eigenvalue weighted by molar-refractivity contribution is 6.35. The number of benzene rings is 1. The molecule has 0 radical (unpaired) electrons. The average molecular weight is 346 g/mol. The number of amides is 1. The van der Waals surface area contributed by atoms with Crippen molar-refractivity contribution < 1.29 is 9.53 Å². The van der Waals surface area contributed by atoms with E-state index in [9.17, 15) is 4.79 Å². The predicted octanol–water partition coefficient (Wildman–Crippen LogP) is 2.62. The second kappa shape index (κ2) is 6.57. The summed E-state index contributed by atoms with van der Waals surface area (Å²) in [7, 11) is 0. The molecule has 1 aromatic heterocycles. The van der Waals surface area contributed by atoms with E-state index in [-0.39, 0.29) is 12.5 Å². The van der Waals surface area contributed by atoms with E-state index in [1.807, 2.05) is 17.0 Å². The third-order valence-corrected chi connectivity index (χ3v) is 5.30. The average Bonchev–Trinajstić information content (AvgIpc) is 2.87. The number of pyridine rings is 1. The number of carbonyl (C=O) groups excluding carboxylic acids is 1. The van der Waals surface area contributed by atoms with Crippen LogP contribution in [-0.2, 0) is 4.79 Å². The summed E-state index contributed by atoms with van der Waals surface area (Å²) in [5.41, 5.74) is 0.693. The first-order valence-electron chi connectivity index (χ1n) is 8.42. The molecule has 24 heavy (non-hydrogen) atoms. The van der Waals surface area contributed by atoms with Gasteiger partial charge >= 0.3 is 0 Å². The molecule has 0 aliphatic carbocycles. The van der Waals surface area contributed by atoms with Gasteiger partial charge in [-0.05, 0) is 50.1 Å². The van der Waals surface area contributed by atoms with E-state index in [1.165, 1.54) is 0 Å². The van der Waals surface area contributed by atoms with Crippen molar-refractivity contribution in [1.82, 2.24) is 15.2 Å². The van der Waals surface area contributed by atoms with Crippen LogP contribution in [0.2, 0.25) is 5.02 Å². The van der Waals surface area contributed by atoms with Crippen molar-refractivity contribution in [2.45, 2.75) is 31.3 Å². The number of nitrogens with zero attached hydrogens (tertiary/aromatic N) is 2. The van der Waals surface area contributed by atoms with Crippen LogP contribution in [0.1, 0.15) is 19.3 Å². The molecule has 2 aliphatic heterocycles. The molecule has 2 aliphatic rings. The third-order valence-electron chi connectivity index (χ3n) is 4.97. The third kappa shape index (κ3) is 2.82. The predicted molar refractivity (Wildman–Crippen MR) is 93.4 cm³/mol. The molecular formula is C18H20ClN3O2. The quantitative estimate of drug-likeness (QED) is 0.929. The van der Waals surface area contributed by atoms with E-state index in [2.05, 4.69) is 10.3 Å². The number of carbonyl (C=O) groups is 1. The Hall–Kier alpha value is -1.85. The van der Waals surface area contributed by atoms with Crippen LogP contribution >= 0.6 is 11.6 Å². The zero-order valence-corrected chi connectivity index (χ0v) is 14.1. The van der Waals surface area contributed by atoms with Crippen LogP contribution in [0.4, 0.5) is 0 Å². The Balaban J connectivity index is 1.51. The molecule has 4 rings (SSSR count). The van der Waals surface area contributed by atoms with Crippen LogP contribution in [0, 0.1) is 0 Å². The summed E-state index contributed by atoms with van der Waals surface area (Å²) in [6.07, 6.45) is 4.90. The van der Waals surface area contributed by atoms with Gasteiger partial charge in [-0.1, -0.05) is 11.6 Å². The number of fused-ring (bicyclic) bond motifs is 3. The molecule has 0 spiro atoms. The topological polar surface area (TPSA) is 54.5 Å². The number of halogens is 1. The first kappa shape index (κ1) is 15.7. The Kier molecular flexibility index (Phi) is 4.29. The number of rotatable bonds is 3. The monoisotopic (exact) mass is 345 g/mol. The lowest BCUT2D eigenvalue weighted by Crippen LogP contribution is -2.44. The van der Waals surface area contributed by atoms with Gasteiger partial charge in [-0.2, -0.15) is 0 Å². The molecule has 2 aromatic rings. The Labute approximate surface area is 145 Å². The minimum Gasteiger partial charge on any atom is -0.481 e. The molecule has 3 heterocycles. The van der Waals surface area contributed by atoms with Crippen molar-refractivity contribution in [1.29, 1.82) is 0 Å². The van der Waals surface area contributed by atoms with Crippen molar-refractivity contribution in [3.8, 4) is 5.75 Å². The lowest BCUT2D eigenvalue weighted by Gasteiger charge is -2.27. The highest BCUT2D eigenvalue weighted by Crippen LogP contribution is 2.31. The van der Waals surface area contributed by atoms with Gasteiger partial charge in [0.1, 0.15) is 11.3 Å². The maximum atomic E-state index is 12.7. The van der Waals surface area contributed by atoms with Gasteiger partial charge in [-0.25, -0.2) is 0 Å². The number of hydrogen-bond donors (Lipinski definition) is 1. The summed E-state index contributed by atoms with van der Waals surface area (Å²) in [5.74, 6) is 0.661. The minimum absolute atomic E-state index is 0.0420. The second-order valence-electron chi connectivity index (χ2n) is 6.41. The molecular weight excluding hydrogens is 326 g/mol. The summed E-state index contributed by atoms with van der Waals surface area (Å²) in [4.78, 5) is 19.1. The molecule has 2 bridgehead atoms. The van der Waals surface area contributed by atoms with E-state index in [4.69, 9.17) is 16.3 Å². The second-order valence-corrected chi connectivity index (χ2v) is 6.82. The molecule has 2 atom stereocenters. The van der Waals surface area contributed by atoms with E-state index < -0.39 is 0 Å². The van der Waals surface area contributed by atoms with Crippen molar-refractivity contribution >= 4 is 28.4 Å². The first-order chi connectivity index (χ1) is 11.7. The highest BCUT2D eigenvalue weighted by atomic mass is 35.5. The summed E-state index contributed by atoms with van der Waals surface area (Å²) in [5, 5.41) is 4.88. The summed E-state index contributed by atoms with van der Waals surface area (Å²) in [6, 6.07) is 7.95. The molecule has 5 nitrogen and oxygen atoms in total. The number of aromatic nitrogens is 1. The normalized spacial score (nSPS) is 23.3. The largest absolute Gasteiger partial charge is 0.481 e. The fraction of sp³-hybridized carbons (Fsp3) is 0.444. The Morgan fingerprint density at radius 3 is 3.08 bits per heavy atom. The van der Waals surface area contributed by atoms with Crippen LogP contribution in [0.15, 0.2) is 30.5 Å². The number of ether oxygens (including phenoxy) is 1. The molecule has 0 saturated carbocycles. The van der Waals surface area contributed by atoms with Crippen LogP contribution in [0.5, 0.6) is 5.75 Å². The Bertz CT molecular complexity index is 753. The molecule has 6 heteroatoms. The fourth-order valence-corrected chi connectivity index (χ4v) is 4.05. The van der Waals surface area contributed by atoms with Crippen molar-refractivity contribution in [2.24, 2.45) is 0 Å². The van der Waals surface area contributed by atoms with Gasteiger partial charge in [0.05, 0.1) is 5.02 Å². The van der Waals surface area contributed by atoms with Gasteiger partial charge in [-0.3, -0.25) is 9.78 Å². The first-order valence-corrected chi connectivity index (χ1v) is 8.80. The fourth-order valence-electron chi connectivity index (χ4n) is 3.83. The van der Waals surface area contributed by atoms with Gasteiger partial charge in [0.15, 0.2) is 6.61 Å². The van der Waals surface area contributed by atoms with Crippen molar-refractivity contribution in [2.75, 3.05) is 19.7 Å². The summed E-state index contributed by atoms with van der Waals surface area (Å²) < 4.78 is 5.82. The summed E-state index contributed by atoms with van der Waals surface area (Å²) >= 11 is 6.20. The van der Waals surface area contributed by atoms with Gasteiger partial charge in [0.2, 0.25) is 0 Å². The van der Waals surface area contributed by atoms with E-state index in [0.29, 0.717) is 28.4 Å². The molecule has 1 aromatic carbocycles. The van der Waals surface area contributed by atoms with E-state index in [1.54, 1.807) is 18.3 Å². The number of hydrogen-bond acceptors (Lipinski definition) is 4. The lowest BCUT2D eigenvalue weighted by atomic mass is 10.1. The minimum atomic E-state index is 0.0420. The SMILES string of the molecule is O=C(COc1ccc(Cl)c2cccnc12)N1C2CCNCC1CC2. The van der Waals surface area contributed by atoms with Gasteiger partial charge in [-0.15, -0.1) is 0 Å². The molecule has 2 fully saturated rings. The van der Waals surface area contributed by atoms with Crippen molar-refractivity contribution in [3.05, 3.63) is 35.5 Å². The van der Waals surface area contributed by atoms with Crippen molar-refractivity contribution in [3.63, 3.8) is 0 Å². The van der Waals surface area contributed by atoms with Crippen LogP contribution in [0.25, 0.3) is 10.9 Å². The highest BCUT2D eigenvalue weighted by Gasteiger charge is 2.37. The van der Waals surface area contributed by atoms with Crippen LogP contribution in [-0.4, -0.2) is 47.6 Å².